The molecule has 0 spiro atoms. The number of carbonyl (C=O) groups is 1. The average molecular weight is 392 g/mol. The standard InChI is InChI=1S/C22H24N4O3/c27-21-17-20(23-26(21)18-7-3-1-4-8-18)22(28)25-13-11-24(12-14-25)15-16-29-19-9-5-2-6-10-19/h1-10,17,23H,11-16H2. The molecule has 0 unspecified atom stereocenters. The summed E-state index contributed by atoms with van der Waals surface area (Å²) in [5, 5.41) is 2.94. The van der Waals surface area contributed by atoms with Crippen molar-refractivity contribution >= 4 is 5.91 Å². The van der Waals surface area contributed by atoms with Gasteiger partial charge in [-0.25, -0.2) is 4.68 Å². The third-order valence-corrected chi connectivity index (χ3v) is 5.04. The predicted molar refractivity (Wildman–Crippen MR) is 111 cm³/mol. The van der Waals surface area contributed by atoms with E-state index >= 15 is 0 Å². The highest BCUT2D eigenvalue weighted by molar-refractivity contribution is 5.92. The summed E-state index contributed by atoms with van der Waals surface area (Å²) in [6.07, 6.45) is 0. The Hall–Kier alpha value is -3.32. The van der Waals surface area contributed by atoms with Crippen LogP contribution in [0.3, 0.4) is 0 Å². The molecule has 1 aliphatic rings. The normalized spacial score (nSPS) is 14.7. The second-order valence-corrected chi connectivity index (χ2v) is 6.97. The zero-order chi connectivity index (χ0) is 20.1. The second kappa shape index (κ2) is 8.79. The minimum atomic E-state index is -0.240. The van der Waals surface area contributed by atoms with E-state index in [2.05, 4.69) is 10.00 Å². The van der Waals surface area contributed by atoms with Crippen molar-refractivity contribution < 1.29 is 9.53 Å². The van der Waals surface area contributed by atoms with Crippen molar-refractivity contribution in [3.05, 3.63) is 82.8 Å². The number of hydrogen-bond donors (Lipinski definition) is 1. The highest BCUT2D eigenvalue weighted by Crippen LogP contribution is 2.10. The first-order valence-electron chi connectivity index (χ1n) is 9.78. The molecule has 1 saturated heterocycles. The van der Waals surface area contributed by atoms with Crippen molar-refractivity contribution in [1.29, 1.82) is 0 Å². The first-order valence-corrected chi connectivity index (χ1v) is 9.78. The Labute approximate surface area is 169 Å². The maximum Gasteiger partial charge on any atom is 0.272 e. The van der Waals surface area contributed by atoms with E-state index in [0.29, 0.717) is 31.1 Å². The van der Waals surface area contributed by atoms with Gasteiger partial charge in [-0.15, -0.1) is 0 Å². The van der Waals surface area contributed by atoms with Gasteiger partial charge in [0.05, 0.1) is 5.69 Å². The quantitative estimate of drug-likeness (QED) is 0.697. The maximum atomic E-state index is 12.8. The summed E-state index contributed by atoms with van der Waals surface area (Å²) in [6.45, 7) is 4.26. The van der Waals surface area contributed by atoms with E-state index in [4.69, 9.17) is 4.74 Å². The van der Waals surface area contributed by atoms with Crippen LogP contribution < -0.4 is 10.3 Å². The van der Waals surface area contributed by atoms with Gasteiger partial charge in [0.2, 0.25) is 0 Å². The average Bonchev–Trinajstić information content (AvgIpc) is 3.17. The number of nitrogens with one attached hydrogen (secondary N) is 1. The molecule has 4 rings (SSSR count). The third-order valence-electron chi connectivity index (χ3n) is 5.04. The van der Waals surface area contributed by atoms with E-state index < -0.39 is 0 Å². The van der Waals surface area contributed by atoms with Crippen LogP contribution in [0.5, 0.6) is 5.75 Å². The van der Waals surface area contributed by atoms with Gasteiger partial charge < -0.3 is 9.64 Å². The molecule has 2 heterocycles. The third kappa shape index (κ3) is 4.57. The zero-order valence-corrected chi connectivity index (χ0v) is 16.2. The molecule has 2 aromatic carbocycles. The fourth-order valence-electron chi connectivity index (χ4n) is 3.43. The summed E-state index contributed by atoms with van der Waals surface area (Å²) in [5.74, 6) is 0.727. The van der Waals surface area contributed by atoms with Crippen molar-refractivity contribution in [3.8, 4) is 11.4 Å². The molecule has 3 aromatic rings. The van der Waals surface area contributed by atoms with Crippen LogP contribution in [0.15, 0.2) is 71.5 Å². The van der Waals surface area contributed by atoms with Crippen LogP contribution in [0, 0.1) is 0 Å². The Bertz CT molecular complexity index is 990. The van der Waals surface area contributed by atoms with Gasteiger partial charge in [-0.05, 0) is 24.3 Å². The van der Waals surface area contributed by atoms with Crippen LogP contribution in [0.25, 0.3) is 5.69 Å². The molecule has 7 heteroatoms. The van der Waals surface area contributed by atoms with Gasteiger partial charge in [0.15, 0.2) is 0 Å². The molecule has 0 bridgehead atoms. The topological polar surface area (TPSA) is 70.6 Å². The number of hydrogen-bond acceptors (Lipinski definition) is 4. The zero-order valence-electron chi connectivity index (χ0n) is 16.2. The van der Waals surface area contributed by atoms with Crippen LogP contribution in [-0.4, -0.2) is 64.8 Å². The Morgan fingerprint density at radius 1 is 0.931 bits per heavy atom. The molecule has 1 amide bonds. The molecular weight excluding hydrogens is 368 g/mol. The summed E-state index contributed by atoms with van der Waals surface area (Å²) in [4.78, 5) is 29.1. The van der Waals surface area contributed by atoms with Gasteiger partial charge in [0, 0.05) is 38.8 Å². The first kappa shape index (κ1) is 19.0. The first-order chi connectivity index (χ1) is 14.2. The van der Waals surface area contributed by atoms with Crippen molar-refractivity contribution in [2.45, 2.75) is 0 Å². The number of rotatable bonds is 6. The number of nitrogens with zero attached hydrogens (tertiary/aromatic N) is 3. The Morgan fingerprint density at radius 2 is 1.59 bits per heavy atom. The van der Waals surface area contributed by atoms with Gasteiger partial charge in [0.25, 0.3) is 11.5 Å². The number of aromatic amines is 1. The van der Waals surface area contributed by atoms with E-state index in [1.54, 1.807) is 4.90 Å². The number of piperazine rings is 1. The van der Waals surface area contributed by atoms with Crippen LogP contribution in [-0.2, 0) is 0 Å². The molecule has 1 aromatic heterocycles. The van der Waals surface area contributed by atoms with Crippen LogP contribution >= 0.6 is 0 Å². The van der Waals surface area contributed by atoms with E-state index in [9.17, 15) is 9.59 Å². The lowest BCUT2D eigenvalue weighted by Gasteiger charge is -2.34. The SMILES string of the molecule is O=C(c1cc(=O)n(-c2ccccc2)[nH]1)N1CCN(CCOc2ccccc2)CC1. The molecule has 7 nitrogen and oxygen atoms in total. The fourth-order valence-corrected chi connectivity index (χ4v) is 3.43. The maximum absolute atomic E-state index is 12.8. The molecule has 0 radical (unpaired) electrons. The number of amides is 1. The molecular formula is C22H24N4O3. The molecule has 29 heavy (non-hydrogen) atoms. The van der Waals surface area contributed by atoms with Crippen molar-refractivity contribution in [2.24, 2.45) is 0 Å². The predicted octanol–water partition coefficient (Wildman–Crippen LogP) is 2.00. The van der Waals surface area contributed by atoms with E-state index in [0.717, 1.165) is 25.4 Å². The minimum absolute atomic E-state index is 0.142. The largest absolute Gasteiger partial charge is 0.492 e. The van der Waals surface area contributed by atoms with E-state index in [-0.39, 0.29) is 11.5 Å². The summed E-state index contributed by atoms with van der Waals surface area (Å²) >= 11 is 0. The van der Waals surface area contributed by atoms with Crippen LogP contribution in [0.1, 0.15) is 10.5 Å². The van der Waals surface area contributed by atoms with Crippen LogP contribution in [0.4, 0.5) is 0 Å². The number of para-hydroxylation sites is 2. The van der Waals surface area contributed by atoms with Crippen molar-refractivity contribution in [2.75, 3.05) is 39.3 Å². The van der Waals surface area contributed by atoms with Crippen molar-refractivity contribution in [1.82, 2.24) is 19.6 Å². The summed E-state index contributed by atoms with van der Waals surface area (Å²) in [7, 11) is 0. The molecule has 1 N–H and O–H groups in total. The lowest BCUT2D eigenvalue weighted by atomic mass is 10.2. The van der Waals surface area contributed by atoms with E-state index in [1.807, 2.05) is 60.7 Å². The lowest BCUT2D eigenvalue weighted by molar-refractivity contribution is 0.0614. The van der Waals surface area contributed by atoms with Gasteiger partial charge in [-0.3, -0.25) is 19.6 Å². The number of benzene rings is 2. The van der Waals surface area contributed by atoms with E-state index in [1.165, 1.54) is 10.7 Å². The van der Waals surface area contributed by atoms with Gasteiger partial charge in [-0.1, -0.05) is 36.4 Å². The molecule has 0 aliphatic carbocycles. The summed E-state index contributed by atoms with van der Waals surface area (Å²) < 4.78 is 7.14. The molecule has 1 aliphatic heterocycles. The van der Waals surface area contributed by atoms with Crippen LogP contribution in [0.2, 0.25) is 0 Å². The fraction of sp³-hybridized carbons (Fsp3) is 0.273. The van der Waals surface area contributed by atoms with Gasteiger partial charge in [-0.2, -0.15) is 0 Å². The number of carbonyl (C=O) groups excluding carboxylic acids is 1. The van der Waals surface area contributed by atoms with Gasteiger partial charge in [0.1, 0.15) is 18.1 Å². The van der Waals surface area contributed by atoms with Gasteiger partial charge >= 0.3 is 0 Å². The minimum Gasteiger partial charge on any atom is -0.492 e. The Kier molecular flexibility index (Phi) is 5.76. The van der Waals surface area contributed by atoms with Crippen molar-refractivity contribution in [3.63, 3.8) is 0 Å². The molecule has 0 atom stereocenters. The number of ether oxygens (including phenoxy) is 1. The molecule has 1 fully saturated rings. The highest BCUT2D eigenvalue weighted by Gasteiger charge is 2.24. The lowest BCUT2D eigenvalue weighted by Crippen LogP contribution is -2.49. The number of aromatic nitrogens is 2. The Morgan fingerprint density at radius 3 is 2.28 bits per heavy atom. The second-order valence-electron chi connectivity index (χ2n) is 6.97. The molecule has 0 saturated carbocycles. The summed E-state index contributed by atoms with van der Waals surface area (Å²) in [6, 6.07) is 20.4. The number of H-pyrrole nitrogens is 1. The summed E-state index contributed by atoms with van der Waals surface area (Å²) in [5.41, 5.74) is 0.788. The highest BCUT2D eigenvalue weighted by atomic mass is 16.5. The monoisotopic (exact) mass is 392 g/mol. The molecule has 150 valence electrons. The Balaban J connectivity index is 1.30. The smallest absolute Gasteiger partial charge is 0.272 e.